The first kappa shape index (κ1) is 9.93. The highest BCUT2D eigenvalue weighted by Gasteiger charge is 2.02. The van der Waals surface area contributed by atoms with Gasteiger partial charge in [0.25, 0.3) is 0 Å². The minimum absolute atomic E-state index is 0.166. The van der Waals surface area contributed by atoms with Crippen molar-refractivity contribution in [1.82, 2.24) is 4.98 Å². The van der Waals surface area contributed by atoms with Crippen molar-refractivity contribution in [2.75, 3.05) is 0 Å². The van der Waals surface area contributed by atoms with Gasteiger partial charge in [0.1, 0.15) is 5.69 Å². The third kappa shape index (κ3) is 2.17. The predicted octanol–water partition coefficient (Wildman–Crippen LogP) is 0.639. The van der Waals surface area contributed by atoms with Crippen LogP contribution in [0, 0.1) is 18.8 Å². The molecular formula is C10H7NO3. The second-order valence-corrected chi connectivity index (χ2v) is 2.56. The smallest absolute Gasteiger partial charge is 0.382 e. The minimum Gasteiger partial charge on any atom is -0.472 e. The summed E-state index contributed by atoms with van der Waals surface area (Å²) in [6.45, 7) is 1.74. The summed E-state index contributed by atoms with van der Waals surface area (Å²) in [5.74, 6) is 3.10. The van der Waals surface area contributed by atoms with Crippen LogP contribution in [0.25, 0.3) is 0 Å². The summed E-state index contributed by atoms with van der Waals surface area (Å²) in [7, 11) is 0. The van der Waals surface area contributed by atoms with Crippen LogP contribution >= 0.6 is 0 Å². The lowest BCUT2D eigenvalue weighted by atomic mass is 10.1. The van der Waals surface area contributed by atoms with E-state index in [4.69, 9.17) is 5.11 Å². The Morgan fingerprint density at radius 1 is 1.64 bits per heavy atom. The highest BCUT2D eigenvalue weighted by molar-refractivity contribution is 5.88. The molecule has 0 aliphatic carbocycles. The highest BCUT2D eigenvalue weighted by Crippen LogP contribution is 2.07. The van der Waals surface area contributed by atoms with E-state index in [9.17, 15) is 9.59 Å². The zero-order valence-electron chi connectivity index (χ0n) is 7.44. The second kappa shape index (κ2) is 4.19. The van der Waals surface area contributed by atoms with Gasteiger partial charge in [-0.05, 0) is 18.6 Å². The van der Waals surface area contributed by atoms with Gasteiger partial charge in [-0.25, -0.2) is 4.79 Å². The molecule has 4 nitrogen and oxygen atoms in total. The van der Waals surface area contributed by atoms with E-state index in [1.807, 2.05) is 5.92 Å². The number of aldehydes is 1. The Morgan fingerprint density at radius 2 is 2.36 bits per heavy atom. The molecule has 0 aliphatic heterocycles. The topological polar surface area (TPSA) is 67.3 Å². The first-order chi connectivity index (χ1) is 6.65. The Balaban J connectivity index is 3.26. The first-order valence-electron chi connectivity index (χ1n) is 3.81. The van der Waals surface area contributed by atoms with Gasteiger partial charge in [0.2, 0.25) is 0 Å². The summed E-state index contributed by atoms with van der Waals surface area (Å²) in [5, 5.41) is 8.35. The number of carboxylic acids is 1. The third-order valence-corrected chi connectivity index (χ3v) is 1.59. The van der Waals surface area contributed by atoms with Crippen molar-refractivity contribution < 1.29 is 14.7 Å². The number of carbonyl (C=O) groups excluding carboxylic acids is 1. The van der Waals surface area contributed by atoms with Gasteiger partial charge in [-0.15, -0.1) is 0 Å². The van der Waals surface area contributed by atoms with Crippen LogP contribution in [0.3, 0.4) is 0 Å². The van der Waals surface area contributed by atoms with Crippen molar-refractivity contribution in [3.05, 3.63) is 29.1 Å². The molecule has 0 amide bonds. The van der Waals surface area contributed by atoms with Gasteiger partial charge in [-0.1, -0.05) is 5.92 Å². The number of hydrogen-bond donors (Lipinski definition) is 1. The Labute approximate surface area is 80.6 Å². The van der Waals surface area contributed by atoms with Gasteiger partial charge in [-0.3, -0.25) is 9.78 Å². The summed E-state index contributed by atoms with van der Waals surface area (Å²) in [5.41, 5.74) is 1.26. The van der Waals surface area contributed by atoms with Crippen molar-refractivity contribution in [2.24, 2.45) is 0 Å². The molecule has 0 fully saturated rings. The third-order valence-electron chi connectivity index (χ3n) is 1.59. The molecule has 0 atom stereocenters. The number of aromatic nitrogens is 1. The quantitative estimate of drug-likeness (QED) is 0.520. The largest absolute Gasteiger partial charge is 0.472 e. The molecule has 0 radical (unpaired) electrons. The average Bonchev–Trinajstić information content (AvgIpc) is 2.15. The molecule has 0 bridgehead atoms. The molecule has 1 heterocycles. The predicted molar refractivity (Wildman–Crippen MR) is 48.9 cm³/mol. The van der Waals surface area contributed by atoms with Gasteiger partial charge in [0.15, 0.2) is 6.29 Å². The van der Waals surface area contributed by atoms with E-state index in [1.165, 1.54) is 6.20 Å². The summed E-state index contributed by atoms with van der Waals surface area (Å²) in [6.07, 6.45) is 2.03. The Hall–Kier alpha value is -2.15. The molecule has 0 saturated carbocycles. The Bertz CT molecular complexity index is 440. The van der Waals surface area contributed by atoms with Crippen LogP contribution in [0.1, 0.15) is 21.6 Å². The number of aliphatic carboxylic acids is 1. The number of hydrogen-bond acceptors (Lipinski definition) is 3. The normalized spacial score (nSPS) is 8.64. The maximum atomic E-state index is 10.5. The van der Waals surface area contributed by atoms with E-state index in [0.717, 1.165) is 5.56 Å². The van der Waals surface area contributed by atoms with Crippen LogP contribution < -0.4 is 0 Å². The summed E-state index contributed by atoms with van der Waals surface area (Å²) in [6, 6.07) is 1.67. The van der Waals surface area contributed by atoms with Gasteiger partial charge in [0.05, 0.1) is 5.56 Å². The lowest BCUT2D eigenvalue weighted by molar-refractivity contribution is -0.130. The zero-order chi connectivity index (χ0) is 10.6. The van der Waals surface area contributed by atoms with Crippen LogP contribution in [-0.2, 0) is 4.79 Å². The van der Waals surface area contributed by atoms with Crippen molar-refractivity contribution in [2.45, 2.75) is 6.92 Å². The monoisotopic (exact) mass is 189 g/mol. The molecule has 1 N–H and O–H groups in total. The number of rotatable bonds is 1. The van der Waals surface area contributed by atoms with E-state index in [-0.39, 0.29) is 5.69 Å². The standard InChI is InChI=1S/C10H7NO3/c1-7-4-5-11-9(6-12)8(7)2-3-10(13)14/h4-6H,1H3,(H,13,14). The second-order valence-electron chi connectivity index (χ2n) is 2.56. The van der Waals surface area contributed by atoms with Crippen molar-refractivity contribution in [1.29, 1.82) is 0 Å². The van der Waals surface area contributed by atoms with E-state index in [0.29, 0.717) is 11.8 Å². The summed E-state index contributed by atoms with van der Waals surface area (Å²) in [4.78, 5) is 24.5. The minimum atomic E-state index is -1.23. The lowest BCUT2D eigenvalue weighted by Crippen LogP contribution is -1.96. The molecular weight excluding hydrogens is 182 g/mol. The molecule has 0 aliphatic rings. The lowest BCUT2D eigenvalue weighted by Gasteiger charge is -1.98. The van der Waals surface area contributed by atoms with Gasteiger partial charge in [-0.2, -0.15) is 0 Å². The highest BCUT2D eigenvalue weighted by atomic mass is 16.4. The molecule has 0 aromatic carbocycles. The van der Waals surface area contributed by atoms with Crippen molar-refractivity contribution in [3.63, 3.8) is 0 Å². The fraction of sp³-hybridized carbons (Fsp3) is 0.100. The number of carboxylic acid groups (broad SMARTS) is 1. The average molecular weight is 189 g/mol. The number of nitrogens with zero attached hydrogens (tertiary/aromatic N) is 1. The SMILES string of the molecule is Cc1ccnc(C=O)c1C#CC(=O)O. The van der Waals surface area contributed by atoms with Crippen LogP contribution in [0.4, 0.5) is 0 Å². The molecule has 0 saturated heterocycles. The Kier molecular flexibility index (Phi) is 2.97. The van der Waals surface area contributed by atoms with Crippen LogP contribution in [0.2, 0.25) is 0 Å². The number of pyridine rings is 1. The summed E-state index contributed by atoms with van der Waals surface area (Å²) >= 11 is 0. The molecule has 1 aromatic rings. The van der Waals surface area contributed by atoms with E-state index in [1.54, 1.807) is 13.0 Å². The van der Waals surface area contributed by atoms with Gasteiger partial charge in [0, 0.05) is 12.1 Å². The van der Waals surface area contributed by atoms with Crippen LogP contribution in [-0.4, -0.2) is 22.3 Å². The molecule has 0 unspecified atom stereocenters. The maximum absolute atomic E-state index is 10.5. The number of aryl methyl sites for hydroxylation is 1. The molecule has 0 spiro atoms. The fourth-order valence-electron chi connectivity index (χ4n) is 0.947. The summed E-state index contributed by atoms with van der Waals surface area (Å²) < 4.78 is 0. The molecule has 14 heavy (non-hydrogen) atoms. The first-order valence-corrected chi connectivity index (χ1v) is 3.81. The molecule has 1 aromatic heterocycles. The molecule has 70 valence electrons. The maximum Gasteiger partial charge on any atom is 0.382 e. The zero-order valence-corrected chi connectivity index (χ0v) is 7.44. The Morgan fingerprint density at radius 3 is 2.93 bits per heavy atom. The van der Waals surface area contributed by atoms with Crippen LogP contribution in [0.15, 0.2) is 12.3 Å². The van der Waals surface area contributed by atoms with Gasteiger partial charge < -0.3 is 5.11 Å². The number of carbonyl (C=O) groups is 2. The van der Waals surface area contributed by atoms with Crippen molar-refractivity contribution >= 4 is 12.3 Å². The van der Waals surface area contributed by atoms with E-state index >= 15 is 0 Å². The van der Waals surface area contributed by atoms with E-state index < -0.39 is 5.97 Å². The van der Waals surface area contributed by atoms with Crippen molar-refractivity contribution in [3.8, 4) is 11.8 Å². The van der Waals surface area contributed by atoms with Crippen LogP contribution in [0.5, 0.6) is 0 Å². The fourth-order valence-corrected chi connectivity index (χ4v) is 0.947. The van der Waals surface area contributed by atoms with Gasteiger partial charge >= 0.3 is 5.97 Å². The van der Waals surface area contributed by atoms with E-state index in [2.05, 4.69) is 10.9 Å². The molecule has 4 heteroatoms. The molecule has 1 rings (SSSR count).